The normalized spacial score (nSPS) is 15.8. The minimum Gasteiger partial charge on any atom is -0.457 e. The highest BCUT2D eigenvalue weighted by atomic mass is 31.2. The van der Waals surface area contributed by atoms with E-state index in [9.17, 15) is 19.4 Å². The Morgan fingerprint density at radius 3 is 2.38 bits per heavy atom. The van der Waals surface area contributed by atoms with Gasteiger partial charge in [-0.15, -0.1) is 0 Å². The van der Waals surface area contributed by atoms with Crippen molar-refractivity contribution < 1.29 is 37.6 Å². The minimum absolute atomic E-state index is 0.0539. The van der Waals surface area contributed by atoms with Crippen LogP contribution >= 0.6 is 7.82 Å². The van der Waals surface area contributed by atoms with Gasteiger partial charge in [-0.25, -0.2) is 4.57 Å². The van der Waals surface area contributed by atoms with Crippen LogP contribution in [0.15, 0.2) is 0 Å². The second-order valence-electron chi connectivity index (χ2n) is 6.72. The number of nitrogens with zero attached hydrogens (tertiary/aromatic N) is 1. The Morgan fingerprint density at radius 2 is 1.83 bits per heavy atom. The van der Waals surface area contributed by atoms with Crippen molar-refractivity contribution in [1.29, 1.82) is 0 Å². The van der Waals surface area contributed by atoms with Gasteiger partial charge in [-0.3, -0.25) is 13.8 Å². The lowest BCUT2D eigenvalue weighted by atomic mass is 10.1. The molecule has 0 fully saturated rings. The van der Waals surface area contributed by atoms with Gasteiger partial charge in [0.1, 0.15) is 19.3 Å². The summed E-state index contributed by atoms with van der Waals surface area (Å²) in [6, 6.07) is 0. The molecule has 0 heterocycles. The molecule has 144 valence electrons. The molecule has 0 radical (unpaired) electrons. The zero-order valence-electron chi connectivity index (χ0n) is 15.3. The molecule has 0 spiro atoms. The van der Waals surface area contributed by atoms with Crippen molar-refractivity contribution in [2.45, 2.75) is 45.1 Å². The van der Waals surface area contributed by atoms with Crippen molar-refractivity contribution in [3.8, 4) is 0 Å². The van der Waals surface area contributed by atoms with Gasteiger partial charge in [0.05, 0.1) is 34.4 Å². The van der Waals surface area contributed by atoms with Gasteiger partial charge >= 0.3 is 13.8 Å². The van der Waals surface area contributed by atoms with Crippen molar-refractivity contribution in [2.75, 3.05) is 47.5 Å². The highest BCUT2D eigenvalue weighted by Crippen LogP contribution is 2.43. The molecule has 0 aromatic carbocycles. The Hall–Kier alpha value is -0.500. The number of ether oxygens (including phenoxy) is 1. The second kappa shape index (κ2) is 12.0. The zero-order valence-corrected chi connectivity index (χ0v) is 16.2. The molecule has 0 aliphatic rings. The van der Waals surface area contributed by atoms with Crippen molar-refractivity contribution in [3.05, 3.63) is 0 Å². The van der Waals surface area contributed by atoms with E-state index in [-0.39, 0.29) is 13.0 Å². The first-order chi connectivity index (χ1) is 11.1. The van der Waals surface area contributed by atoms with Crippen LogP contribution in [0, 0.1) is 0 Å². The second-order valence-corrected chi connectivity index (χ2v) is 8.17. The molecule has 0 saturated carbocycles. The number of phosphoric ester groups is 1. The van der Waals surface area contributed by atoms with Crippen LogP contribution in [0.25, 0.3) is 0 Å². The lowest BCUT2D eigenvalue weighted by molar-refractivity contribution is -0.870. The average molecular weight is 370 g/mol. The molecule has 0 aliphatic heterocycles. The molecular formula is C15H33NO7P+. The number of carbonyl (C=O) groups is 1. The number of aliphatic hydroxyl groups excluding tert-OH is 1. The number of rotatable bonds is 14. The van der Waals surface area contributed by atoms with Gasteiger partial charge in [-0.1, -0.05) is 26.2 Å². The summed E-state index contributed by atoms with van der Waals surface area (Å²) in [7, 11) is 1.54. The number of esters is 1. The Morgan fingerprint density at radius 1 is 1.17 bits per heavy atom. The van der Waals surface area contributed by atoms with Crippen molar-refractivity contribution in [1.82, 2.24) is 0 Å². The first kappa shape index (κ1) is 23.5. The summed E-state index contributed by atoms with van der Waals surface area (Å²) in [5, 5.41) is 9.19. The van der Waals surface area contributed by atoms with Crippen LogP contribution < -0.4 is 0 Å². The largest absolute Gasteiger partial charge is 0.472 e. The molecule has 0 saturated heterocycles. The standard InChI is InChI=1S/C15H32NO7P/c1-5-6-7-8-9-15(18)23-14(12-17)13-22-24(19,20)21-11-10-16(2,3)4/h14,17H,5-13H2,1-4H3/p+1. The molecular weight excluding hydrogens is 337 g/mol. The minimum atomic E-state index is -4.23. The molecule has 0 rings (SSSR count). The van der Waals surface area contributed by atoms with Gasteiger partial charge in [-0.05, 0) is 6.42 Å². The molecule has 0 aliphatic carbocycles. The van der Waals surface area contributed by atoms with Gasteiger partial charge in [0.25, 0.3) is 0 Å². The molecule has 2 atom stereocenters. The number of hydrogen-bond acceptors (Lipinski definition) is 6. The summed E-state index contributed by atoms with van der Waals surface area (Å²) >= 11 is 0. The number of hydrogen-bond donors (Lipinski definition) is 2. The van der Waals surface area contributed by atoms with E-state index >= 15 is 0 Å². The molecule has 0 aromatic rings. The van der Waals surface area contributed by atoms with Gasteiger partial charge < -0.3 is 19.2 Å². The number of phosphoric acid groups is 1. The molecule has 8 nitrogen and oxygen atoms in total. The van der Waals surface area contributed by atoms with Crippen LogP contribution in [0.1, 0.15) is 39.0 Å². The van der Waals surface area contributed by atoms with Crippen molar-refractivity contribution >= 4 is 13.8 Å². The van der Waals surface area contributed by atoms with Gasteiger partial charge in [0, 0.05) is 6.42 Å². The van der Waals surface area contributed by atoms with Gasteiger partial charge in [0.15, 0.2) is 0 Å². The first-order valence-corrected chi connectivity index (χ1v) is 9.82. The zero-order chi connectivity index (χ0) is 18.6. The third kappa shape index (κ3) is 13.9. The summed E-state index contributed by atoms with van der Waals surface area (Å²) in [6.45, 7) is 1.78. The lowest BCUT2D eigenvalue weighted by Gasteiger charge is -2.24. The summed E-state index contributed by atoms with van der Waals surface area (Å²) in [4.78, 5) is 21.2. The van der Waals surface area contributed by atoms with Crippen LogP contribution in [0.4, 0.5) is 0 Å². The molecule has 0 amide bonds. The third-order valence-electron chi connectivity index (χ3n) is 3.18. The number of quaternary nitrogens is 1. The molecule has 0 aromatic heterocycles. The van der Waals surface area contributed by atoms with E-state index in [1.165, 1.54) is 0 Å². The van der Waals surface area contributed by atoms with Crippen LogP contribution in [-0.2, 0) is 23.1 Å². The maximum absolute atomic E-state index is 11.7. The summed E-state index contributed by atoms with van der Waals surface area (Å²) in [5.41, 5.74) is 0. The topological polar surface area (TPSA) is 102 Å². The Balaban J connectivity index is 4.09. The third-order valence-corrected chi connectivity index (χ3v) is 4.16. The predicted octanol–water partition coefficient (Wildman–Crippen LogP) is 1.70. The van der Waals surface area contributed by atoms with E-state index in [1.807, 2.05) is 21.1 Å². The summed E-state index contributed by atoms with van der Waals surface area (Å²) in [6.07, 6.45) is 3.06. The van der Waals surface area contributed by atoms with E-state index in [0.717, 1.165) is 25.7 Å². The van der Waals surface area contributed by atoms with Gasteiger partial charge in [0.2, 0.25) is 0 Å². The maximum Gasteiger partial charge on any atom is 0.472 e. The van der Waals surface area contributed by atoms with E-state index in [4.69, 9.17) is 13.8 Å². The fraction of sp³-hybridized carbons (Fsp3) is 0.933. The average Bonchev–Trinajstić information content (AvgIpc) is 2.46. The van der Waals surface area contributed by atoms with Gasteiger partial charge in [-0.2, -0.15) is 0 Å². The quantitative estimate of drug-likeness (QED) is 0.208. The van der Waals surface area contributed by atoms with Crippen molar-refractivity contribution in [3.63, 3.8) is 0 Å². The van der Waals surface area contributed by atoms with Crippen LogP contribution in [0.3, 0.4) is 0 Å². The highest BCUT2D eigenvalue weighted by Gasteiger charge is 2.25. The summed E-state index contributed by atoms with van der Waals surface area (Å²) < 4.78 is 27.0. The highest BCUT2D eigenvalue weighted by molar-refractivity contribution is 7.47. The predicted molar refractivity (Wildman–Crippen MR) is 90.4 cm³/mol. The van der Waals surface area contributed by atoms with E-state index in [0.29, 0.717) is 11.0 Å². The van der Waals surface area contributed by atoms with Crippen LogP contribution in [0.2, 0.25) is 0 Å². The van der Waals surface area contributed by atoms with E-state index in [1.54, 1.807) is 0 Å². The lowest BCUT2D eigenvalue weighted by Crippen LogP contribution is -2.37. The van der Waals surface area contributed by atoms with E-state index in [2.05, 4.69) is 6.92 Å². The smallest absolute Gasteiger partial charge is 0.457 e. The van der Waals surface area contributed by atoms with Crippen LogP contribution in [-0.4, -0.2) is 74.1 Å². The number of aliphatic hydroxyl groups is 1. The Kier molecular flexibility index (Phi) is 11.7. The number of unbranched alkanes of at least 4 members (excludes halogenated alkanes) is 3. The molecule has 24 heavy (non-hydrogen) atoms. The molecule has 2 N–H and O–H groups in total. The molecule has 0 bridgehead atoms. The molecule has 9 heteroatoms. The van der Waals surface area contributed by atoms with Crippen LogP contribution in [0.5, 0.6) is 0 Å². The van der Waals surface area contributed by atoms with Crippen molar-refractivity contribution in [2.24, 2.45) is 0 Å². The Bertz CT molecular complexity index is 398. The number of carbonyl (C=O) groups excluding carboxylic acids is 1. The Labute approximate surface area is 144 Å². The molecule has 2 unspecified atom stereocenters. The fourth-order valence-electron chi connectivity index (χ4n) is 1.71. The number of likely N-dealkylation sites (N-methyl/N-ethyl adjacent to an activating group) is 1. The maximum atomic E-state index is 11.7. The summed E-state index contributed by atoms with van der Waals surface area (Å²) in [5.74, 6) is -0.451. The fourth-order valence-corrected chi connectivity index (χ4v) is 2.45. The van der Waals surface area contributed by atoms with E-state index < -0.39 is 33.1 Å². The first-order valence-electron chi connectivity index (χ1n) is 8.32. The monoisotopic (exact) mass is 370 g/mol. The SMILES string of the molecule is CCCCCCC(=O)OC(CO)COP(=O)(O)OCC[N+](C)(C)C.